The standard InChI is InChI=1S/C25H34N2O2/c1-25(2)21-27(24(28)23-13-7-4-8-14-23)17-10-9-16-26(19-20-29-25)18-15-22-11-5-3-6-12-22/h3-8,11-14H,9-10,15-21H2,1-2H3. The SMILES string of the molecule is CC1(C)CN(C(=O)c2ccccc2)CCCCN(CCc2ccccc2)CCO1. The second-order valence-corrected chi connectivity index (χ2v) is 8.49. The average molecular weight is 395 g/mol. The van der Waals surface area contributed by atoms with Crippen LogP contribution in [0.4, 0.5) is 0 Å². The molecule has 3 rings (SSSR count). The predicted octanol–water partition coefficient (Wildman–Crippen LogP) is 4.26. The van der Waals surface area contributed by atoms with Gasteiger partial charge in [-0.25, -0.2) is 0 Å². The topological polar surface area (TPSA) is 32.8 Å². The molecule has 4 nitrogen and oxygen atoms in total. The van der Waals surface area contributed by atoms with Crippen LogP contribution in [0.3, 0.4) is 0 Å². The van der Waals surface area contributed by atoms with E-state index in [9.17, 15) is 4.79 Å². The molecule has 1 saturated heterocycles. The second-order valence-electron chi connectivity index (χ2n) is 8.49. The molecule has 29 heavy (non-hydrogen) atoms. The predicted molar refractivity (Wildman–Crippen MR) is 118 cm³/mol. The summed E-state index contributed by atoms with van der Waals surface area (Å²) in [4.78, 5) is 17.5. The number of benzene rings is 2. The van der Waals surface area contributed by atoms with Crippen LogP contribution in [-0.2, 0) is 11.2 Å². The van der Waals surface area contributed by atoms with Gasteiger partial charge in [-0.1, -0.05) is 48.5 Å². The van der Waals surface area contributed by atoms with Gasteiger partial charge in [-0.2, -0.15) is 0 Å². The number of carbonyl (C=O) groups is 1. The average Bonchev–Trinajstić information content (AvgIpc) is 2.77. The van der Waals surface area contributed by atoms with E-state index in [1.165, 1.54) is 5.56 Å². The van der Waals surface area contributed by atoms with Crippen LogP contribution in [0.5, 0.6) is 0 Å². The van der Waals surface area contributed by atoms with E-state index >= 15 is 0 Å². The van der Waals surface area contributed by atoms with Crippen LogP contribution in [0.1, 0.15) is 42.6 Å². The lowest BCUT2D eigenvalue weighted by Crippen LogP contribution is -2.44. The van der Waals surface area contributed by atoms with Crippen molar-refractivity contribution in [1.82, 2.24) is 9.80 Å². The normalized spacial score (nSPS) is 18.8. The molecule has 1 aliphatic rings. The van der Waals surface area contributed by atoms with E-state index in [-0.39, 0.29) is 11.5 Å². The molecule has 4 heteroatoms. The van der Waals surface area contributed by atoms with Gasteiger partial charge in [-0.15, -0.1) is 0 Å². The van der Waals surface area contributed by atoms with Gasteiger partial charge in [0, 0.05) is 31.7 Å². The molecular weight excluding hydrogens is 360 g/mol. The van der Waals surface area contributed by atoms with E-state index in [1.807, 2.05) is 35.2 Å². The Morgan fingerprint density at radius 2 is 1.59 bits per heavy atom. The molecule has 0 aromatic heterocycles. The molecule has 0 spiro atoms. The molecule has 2 aromatic carbocycles. The summed E-state index contributed by atoms with van der Waals surface area (Å²) in [6.07, 6.45) is 3.16. The number of hydrogen-bond donors (Lipinski definition) is 0. The summed E-state index contributed by atoms with van der Waals surface area (Å²) in [7, 11) is 0. The van der Waals surface area contributed by atoms with E-state index in [4.69, 9.17) is 4.74 Å². The van der Waals surface area contributed by atoms with E-state index in [0.29, 0.717) is 13.2 Å². The highest BCUT2D eigenvalue weighted by atomic mass is 16.5. The summed E-state index contributed by atoms with van der Waals surface area (Å²) >= 11 is 0. The number of amides is 1. The molecule has 0 unspecified atom stereocenters. The summed E-state index contributed by atoms with van der Waals surface area (Å²) in [6.45, 7) is 9.27. The highest BCUT2D eigenvalue weighted by molar-refractivity contribution is 5.94. The zero-order valence-corrected chi connectivity index (χ0v) is 17.8. The monoisotopic (exact) mass is 394 g/mol. The highest BCUT2D eigenvalue weighted by Crippen LogP contribution is 2.17. The number of carbonyl (C=O) groups excluding carboxylic acids is 1. The first-order valence-electron chi connectivity index (χ1n) is 10.8. The van der Waals surface area contributed by atoms with Gasteiger partial charge in [0.05, 0.1) is 12.2 Å². The zero-order valence-electron chi connectivity index (χ0n) is 17.8. The maximum atomic E-state index is 13.0. The van der Waals surface area contributed by atoms with E-state index < -0.39 is 0 Å². The van der Waals surface area contributed by atoms with Crippen LogP contribution in [0.15, 0.2) is 60.7 Å². The molecule has 1 amide bonds. The van der Waals surface area contributed by atoms with E-state index in [0.717, 1.165) is 51.0 Å². The molecule has 0 saturated carbocycles. The molecule has 1 fully saturated rings. The van der Waals surface area contributed by atoms with Crippen LogP contribution >= 0.6 is 0 Å². The first-order valence-corrected chi connectivity index (χ1v) is 10.8. The molecule has 0 bridgehead atoms. The Hall–Kier alpha value is -2.17. The van der Waals surface area contributed by atoms with E-state index in [2.05, 4.69) is 49.1 Å². The number of rotatable bonds is 4. The third-order valence-electron chi connectivity index (χ3n) is 5.49. The fraction of sp³-hybridized carbons (Fsp3) is 0.480. The largest absolute Gasteiger partial charge is 0.372 e. The molecule has 2 aromatic rings. The summed E-state index contributed by atoms with van der Waals surface area (Å²) < 4.78 is 6.22. The van der Waals surface area contributed by atoms with Gasteiger partial charge in [0.2, 0.25) is 0 Å². The minimum atomic E-state index is -0.361. The van der Waals surface area contributed by atoms with Crippen molar-refractivity contribution in [2.75, 3.05) is 39.3 Å². The first-order chi connectivity index (χ1) is 14.0. The summed E-state index contributed by atoms with van der Waals surface area (Å²) in [6, 6.07) is 20.2. The van der Waals surface area contributed by atoms with E-state index in [1.54, 1.807) is 0 Å². The van der Waals surface area contributed by atoms with Crippen LogP contribution in [-0.4, -0.2) is 60.6 Å². The van der Waals surface area contributed by atoms with Crippen molar-refractivity contribution in [3.05, 3.63) is 71.8 Å². The maximum absolute atomic E-state index is 13.0. The van der Waals surface area contributed by atoms with Crippen LogP contribution in [0.2, 0.25) is 0 Å². The molecule has 0 N–H and O–H groups in total. The number of ether oxygens (including phenoxy) is 1. The van der Waals surface area contributed by atoms with Crippen molar-refractivity contribution < 1.29 is 9.53 Å². The second kappa shape index (κ2) is 10.6. The van der Waals surface area contributed by atoms with Crippen molar-refractivity contribution in [3.8, 4) is 0 Å². The Morgan fingerprint density at radius 3 is 2.31 bits per heavy atom. The number of nitrogens with zero attached hydrogens (tertiary/aromatic N) is 2. The Kier molecular flexibility index (Phi) is 7.84. The first kappa shape index (κ1) is 21.5. The Balaban J connectivity index is 1.60. The van der Waals surface area contributed by atoms with Crippen molar-refractivity contribution >= 4 is 5.91 Å². The van der Waals surface area contributed by atoms with Crippen molar-refractivity contribution in [3.63, 3.8) is 0 Å². The van der Waals surface area contributed by atoms with Crippen molar-refractivity contribution in [2.45, 2.75) is 38.7 Å². The summed E-state index contributed by atoms with van der Waals surface area (Å²) in [5.41, 5.74) is 1.77. The maximum Gasteiger partial charge on any atom is 0.253 e. The lowest BCUT2D eigenvalue weighted by molar-refractivity contribution is -0.0411. The van der Waals surface area contributed by atoms with Gasteiger partial charge in [0.25, 0.3) is 5.91 Å². The lowest BCUT2D eigenvalue weighted by atomic mass is 10.1. The summed E-state index contributed by atoms with van der Waals surface area (Å²) in [5, 5.41) is 0. The Bertz CT molecular complexity index is 746. The molecule has 1 aliphatic heterocycles. The fourth-order valence-electron chi connectivity index (χ4n) is 3.88. The third kappa shape index (κ3) is 6.98. The van der Waals surface area contributed by atoms with Gasteiger partial charge in [0.15, 0.2) is 0 Å². The van der Waals surface area contributed by atoms with Gasteiger partial charge >= 0.3 is 0 Å². The van der Waals surface area contributed by atoms with Crippen LogP contribution in [0.25, 0.3) is 0 Å². The van der Waals surface area contributed by atoms with Gasteiger partial charge in [0.1, 0.15) is 0 Å². The van der Waals surface area contributed by atoms with Gasteiger partial charge in [-0.3, -0.25) is 4.79 Å². The van der Waals surface area contributed by atoms with Gasteiger partial charge in [-0.05, 0) is 57.4 Å². The summed E-state index contributed by atoms with van der Waals surface area (Å²) in [5.74, 6) is 0.0995. The molecule has 0 aliphatic carbocycles. The van der Waals surface area contributed by atoms with Crippen molar-refractivity contribution in [2.24, 2.45) is 0 Å². The fourth-order valence-corrected chi connectivity index (χ4v) is 3.88. The third-order valence-corrected chi connectivity index (χ3v) is 5.49. The van der Waals surface area contributed by atoms with Crippen LogP contribution in [0, 0.1) is 0 Å². The molecular formula is C25H34N2O2. The highest BCUT2D eigenvalue weighted by Gasteiger charge is 2.27. The Morgan fingerprint density at radius 1 is 0.931 bits per heavy atom. The van der Waals surface area contributed by atoms with Crippen LogP contribution < -0.4 is 0 Å². The molecule has 156 valence electrons. The minimum Gasteiger partial charge on any atom is -0.372 e. The quantitative estimate of drug-likeness (QED) is 0.777. The van der Waals surface area contributed by atoms with Crippen molar-refractivity contribution in [1.29, 1.82) is 0 Å². The smallest absolute Gasteiger partial charge is 0.253 e. The zero-order chi connectivity index (χ0) is 20.5. The molecule has 1 heterocycles. The lowest BCUT2D eigenvalue weighted by Gasteiger charge is -2.33. The van der Waals surface area contributed by atoms with Gasteiger partial charge < -0.3 is 14.5 Å². The minimum absolute atomic E-state index is 0.0995. The Labute approximate surface area is 175 Å². The molecule has 0 atom stereocenters. The molecule has 0 radical (unpaired) electrons. The number of hydrogen-bond acceptors (Lipinski definition) is 3.